The molecule has 29 heavy (non-hydrogen) atoms. The van der Waals surface area contributed by atoms with Crippen LogP contribution < -0.4 is 20.4 Å². The number of hydrogen-bond donors (Lipinski definition) is 2. The molecule has 2 heterocycles. The maximum atomic E-state index is 14.2. The maximum absolute atomic E-state index is 14.2. The fraction of sp³-hybridized carbons (Fsp3) is 0.250. The number of nitrogens with zero attached hydrogens (tertiary/aromatic N) is 2. The first-order chi connectivity index (χ1) is 13.9. The van der Waals surface area contributed by atoms with Gasteiger partial charge in [0.15, 0.2) is 0 Å². The van der Waals surface area contributed by atoms with Crippen LogP contribution in [0.3, 0.4) is 0 Å². The van der Waals surface area contributed by atoms with Crippen molar-refractivity contribution in [3.63, 3.8) is 0 Å². The van der Waals surface area contributed by atoms with Crippen LogP contribution in [-0.2, 0) is 16.0 Å². The Hall–Kier alpha value is -3.62. The van der Waals surface area contributed by atoms with Gasteiger partial charge >= 0.3 is 12.1 Å². The van der Waals surface area contributed by atoms with E-state index in [1.54, 1.807) is 7.05 Å². The molecule has 2 N–H and O–H groups in total. The summed E-state index contributed by atoms with van der Waals surface area (Å²) in [5.74, 6) is -0.915. The van der Waals surface area contributed by atoms with Gasteiger partial charge in [-0.15, -0.1) is 0 Å². The third-order valence-electron chi connectivity index (χ3n) is 4.98. The van der Waals surface area contributed by atoms with E-state index < -0.39 is 24.0 Å². The van der Waals surface area contributed by atoms with Crippen LogP contribution >= 0.6 is 0 Å². The second-order valence-corrected chi connectivity index (χ2v) is 6.81. The topological polar surface area (TPSA) is 91.0 Å². The van der Waals surface area contributed by atoms with Gasteiger partial charge in [-0.05, 0) is 29.8 Å². The average molecular weight is 398 g/mol. The molecule has 8 nitrogen and oxygen atoms in total. The van der Waals surface area contributed by atoms with Crippen molar-refractivity contribution < 1.29 is 23.5 Å². The molecule has 0 aromatic heterocycles. The van der Waals surface area contributed by atoms with Crippen molar-refractivity contribution in [3.8, 4) is 0 Å². The van der Waals surface area contributed by atoms with Crippen LogP contribution in [0.2, 0.25) is 0 Å². The number of fused-ring (bicyclic) bond motifs is 1. The number of likely N-dealkylation sites (N-methyl/N-ethyl adjacent to an activating group) is 1. The second-order valence-electron chi connectivity index (χ2n) is 6.81. The van der Waals surface area contributed by atoms with Crippen molar-refractivity contribution in [1.82, 2.24) is 5.32 Å². The molecule has 150 valence electrons. The predicted octanol–water partition coefficient (Wildman–Crippen LogP) is 2.49. The molecule has 0 radical (unpaired) electrons. The van der Waals surface area contributed by atoms with E-state index >= 15 is 0 Å². The Morgan fingerprint density at radius 3 is 2.76 bits per heavy atom. The van der Waals surface area contributed by atoms with Crippen LogP contribution in [0.15, 0.2) is 42.5 Å². The normalized spacial score (nSPS) is 18.3. The minimum absolute atomic E-state index is 0.100. The largest absolute Gasteiger partial charge is 0.447 e. The molecular weight excluding hydrogens is 379 g/mol. The predicted molar refractivity (Wildman–Crippen MR) is 105 cm³/mol. The number of carbonyl (C=O) groups excluding carboxylic acids is 3. The van der Waals surface area contributed by atoms with Crippen molar-refractivity contribution in [3.05, 3.63) is 53.8 Å². The number of benzene rings is 2. The smallest absolute Gasteiger partial charge is 0.414 e. The monoisotopic (exact) mass is 398 g/mol. The van der Waals surface area contributed by atoms with Crippen molar-refractivity contribution in [2.24, 2.45) is 0 Å². The molecule has 1 atom stereocenters. The zero-order valence-corrected chi connectivity index (χ0v) is 15.6. The fourth-order valence-corrected chi connectivity index (χ4v) is 3.50. The molecule has 1 saturated heterocycles. The Bertz CT molecular complexity index is 996. The number of halogens is 1. The lowest BCUT2D eigenvalue weighted by Crippen LogP contribution is -2.52. The second kappa shape index (κ2) is 7.42. The highest BCUT2D eigenvalue weighted by Gasteiger charge is 2.31. The number of carbonyl (C=O) groups is 3. The number of anilines is 3. The third kappa shape index (κ3) is 3.58. The van der Waals surface area contributed by atoms with E-state index in [1.807, 2.05) is 24.3 Å². The Morgan fingerprint density at radius 1 is 1.21 bits per heavy atom. The minimum atomic E-state index is -0.769. The first-order valence-electron chi connectivity index (χ1n) is 9.11. The van der Waals surface area contributed by atoms with Gasteiger partial charge in [0.1, 0.15) is 18.5 Å². The van der Waals surface area contributed by atoms with Crippen molar-refractivity contribution in [1.29, 1.82) is 0 Å². The summed E-state index contributed by atoms with van der Waals surface area (Å²) < 4.78 is 19.0. The van der Waals surface area contributed by atoms with E-state index in [2.05, 4.69) is 10.6 Å². The van der Waals surface area contributed by atoms with Gasteiger partial charge in [-0.25, -0.2) is 14.0 Å². The summed E-state index contributed by atoms with van der Waals surface area (Å²) in [5.41, 5.74) is 2.04. The summed E-state index contributed by atoms with van der Waals surface area (Å²) >= 11 is 0. The molecule has 9 heteroatoms. The number of urea groups is 1. The zero-order chi connectivity index (χ0) is 20.5. The highest BCUT2D eigenvalue weighted by molar-refractivity contribution is 6.03. The van der Waals surface area contributed by atoms with E-state index in [0.717, 1.165) is 17.3 Å². The first-order valence-corrected chi connectivity index (χ1v) is 9.11. The molecule has 1 unspecified atom stereocenters. The molecule has 4 amide bonds. The molecule has 2 aromatic carbocycles. The van der Waals surface area contributed by atoms with Gasteiger partial charge < -0.3 is 20.3 Å². The zero-order valence-electron chi connectivity index (χ0n) is 15.6. The lowest BCUT2D eigenvalue weighted by molar-refractivity contribution is -0.120. The fourth-order valence-electron chi connectivity index (χ4n) is 3.50. The first kappa shape index (κ1) is 18.7. The van der Waals surface area contributed by atoms with Crippen LogP contribution in [0.1, 0.15) is 5.56 Å². The quantitative estimate of drug-likeness (QED) is 0.831. The Morgan fingerprint density at radius 2 is 2.00 bits per heavy atom. The van der Waals surface area contributed by atoms with Crippen LogP contribution in [0, 0.1) is 5.82 Å². The van der Waals surface area contributed by atoms with E-state index in [0.29, 0.717) is 18.7 Å². The summed E-state index contributed by atoms with van der Waals surface area (Å²) in [6.45, 7) is 0.594. The molecule has 2 aliphatic rings. The molecule has 2 aromatic rings. The van der Waals surface area contributed by atoms with Crippen LogP contribution in [0.4, 0.5) is 31.0 Å². The lowest BCUT2D eigenvalue weighted by Gasteiger charge is -2.31. The molecule has 1 fully saturated rings. The van der Waals surface area contributed by atoms with Crippen molar-refractivity contribution >= 4 is 35.1 Å². The number of amides is 4. The Kier molecular flexibility index (Phi) is 4.79. The molecule has 0 spiro atoms. The number of ether oxygens (including phenoxy) is 1. The summed E-state index contributed by atoms with van der Waals surface area (Å²) in [6.07, 6.45) is -0.184. The van der Waals surface area contributed by atoms with E-state index in [1.165, 1.54) is 21.9 Å². The average Bonchev–Trinajstić information content (AvgIpc) is 3.13. The van der Waals surface area contributed by atoms with Crippen molar-refractivity contribution in [2.45, 2.75) is 12.5 Å². The van der Waals surface area contributed by atoms with E-state index in [9.17, 15) is 18.8 Å². The summed E-state index contributed by atoms with van der Waals surface area (Å²) in [6, 6.07) is 9.90. The molecular formula is C20H19FN4O4. The van der Waals surface area contributed by atoms with Crippen LogP contribution in [0.5, 0.6) is 0 Å². The van der Waals surface area contributed by atoms with E-state index in [4.69, 9.17) is 4.74 Å². The highest BCUT2D eigenvalue weighted by atomic mass is 19.1. The van der Waals surface area contributed by atoms with Crippen LogP contribution in [0.25, 0.3) is 0 Å². The number of para-hydroxylation sites is 1. The standard InChI is InChI=1S/C20H19FN4O4/c1-24-17-5-3-2-4-12(17)10-16(18(24)26)23-19(27)22-15-11-13(6-7-14(15)21)25-8-9-29-20(25)28/h2-7,11,16H,8-10H2,1H3,(H2,22,23,27). The number of rotatable bonds is 3. The van der Waals surface area contributed by atoms with E-state index in [-0.39, 0.29) is 18.2 Å². The molecule has 0 saturated carbocycles. The number of nitrogens with one attached hydrogen (secondary N) is 2. The molecule has 4 rings (SSSR count). The molecule has 2 aliphatic heterocycles. The highest BCUT2D eigenvalue weighted by Crippen LogP contribution is 2.27. The Labute approximate surface area is 166 Å². The minimum Gasteiger partial charge on any atom is -0.447 e. The summed E-state index contributed by atoms with van der Waals surface area (Å²) in [7, 11) is 1.64. The van der Waals surface area contributed by atoms with Gasteiger partial charge in [-0.2, -0.15) is 0 Å². The van der Waals surface area contributed by atoms with Crippen molar-refractivity contribution in [2.75, 3.05) is 35.3 Å². The number of cyclic esters (lactones) is 1. The summed E-state index contributed by atoms with van der Waals surface area (Å²) in [5, 5.41) is 5.02. The van der Waals surface area contributed by atoms with Gasteiger partial charge in [0.2, 0.25) is 5.91 Å². The van der Waals surface area contributed by atoms with Gasteiger partial charge in [-0.1, -0.05) is 18.2 Å². The van der Waals surface area contributed by atoms with Gasteiger partial charge in [0.25, 0.3) is 0 Å². The Balaban J connectivity index is 1.48. The summed E-state index contributed by atoms with van der Waals surface area (Å²) in [4.78, 5) is 39.5. The molecule has 0 bridgehead atoms. The van der Waals surface area contributed by atoms with Gasteiger partial charge in [-0.3, -0.25) is 9.69 Å². The van der Waals surface area contributed by atoms with Gasteiger partial charge in [0, 0.05) is 24.8 Å². The SMILES string of the molecule is CN1C(=O)C(NC(=O)Nc2cc(N3CCOC3=O)ccc2F)Cc2ccccc21. The van der Waals surface area contributed by atoms with Gasteiger partial charge in [0.05, 0.1) is 12.2 Å². The van der Waals surface area contributed by atoms with Crippen LogP contribution in [-0.4, -0.2) is 44.3 Å². The lowest BCUT2D eigenvalue weighted by atomic mass is 9.98. The number of hydrogen-bond acceptors (Lipinski definition) is 4. The molecule has 0 aliphatic carbocycles. The maximum Gasteiger partial charge on any atom is 0.414 e. The third-order valence-corrected chi connectivity index (χ3v) is 4.98.